The van der Waals surface area contributed by atoms with Gasteiger partial charge in [0.05, 0.1) is 0 Å². The van der Waals surface area contributed by atoms with E-state index in [0.29, 0.717) is 5.56 Å². The monoisotopic (exact) mass is 164 g/mol. The third kappa shape index (κ3) is 2.19. The van der Waals surface area contributed by atoms with Gasteiger partial charge in [0.25, 0.3) is 0 Å². The Balaban J connectivity index is 2.97. The van der Waals surface area contributed by atoms with Crippen molar-refractivity contribution < 1.29 is 4.39 Å². The molecule has 1 rings (SSSR count). The molecule has 0 N–H and O–H groups in total. The van der Waals surface area contributed by atoms with E-state index in [2.05, 4.69) is 0 Å². The van der Waals surface area contributed by atoms with E-state index in [-0.39, 0.29) is 5.82 Å². The number of halogens is 1. The highest BCUT2D eigenvalue weighted by molar-refractivity contribution is 5.50. The predicted molar refractivity (Wildman–Crippen MR) is 50.5 cm³/mol. The van der Waals surface area contributed by atoms with Gasteiger partial charge < -0.3 is 0 Å². The van der Waals surface area contributed by atoms with E-state index in [1.807, 2.05) is 32.1 Å². The normalized spacial score (nSPS) is 10.9. The van der Waals surface area contributed by atoms with E-state index in [0.717, 1.165) is 12.0 Å². The zero-order valence-corrected chi connectivity index (χ0v) is 7.47. The second-order valence-electron chi connectivity index (χ2n) is 2.84. The minimum atomic E-state index is -0.148. The fourth-order valence-electron chi connectivity index (χ4n) is 1.04. The van der Waals surface area contributed by atoms with E-state index in [9.17, 15) is 4.39 Å². The molecule has 0 aromatic heterocycles. The zero-order valence-electron chi connectivity index (χ0n) is 7.47. The highest BCUT2D eigenvalue weighted by atomic mass is 19.1. The summed E-state index contributed by atoms with van der Waals surface area (Å²) in [6.07, 6.45) is 4.72. The molecule has 1 aromatic carbocycles. The molecule has 1 aromatic rings. The van der Waals surface area contributed by atoms with Gasteiger partial charge in [0.2, 0.25) is 0 Å². The van der Waals surface area contributed by atoms with Crippen molar-refractivity contribution >= 4 is 6.08 Å². The Morgan fingerprint density at radius 1 is 1.42 bits per heavy atom. The Morgan fingerprint density at radius 3 is 2.83 bits per heavy atom. The quantitative estimate of drug-likeness (QED) is 0.627. The Morgan fingerprint density at radius 2 is 2.17 bits per heavy atom. The van der Waals surface area contributed by atoms with Crippen molar-refractivity contribution in [3.05, 3.63) is 41.2 Å². The van der Waals surface area contributed by atoms with Crippen LogP contribution in [0.2, 0.25) is 0 Å². The van der Waals surface area contributed by atoms with Crippen LogP contribution in [0.25, 0.3) is 6.08 Å². The molecule has 12 heavy (non-hydrogen) atoms. The Bertz CT molecular complexity index is 287. The van der Waals surface area contributed by atoms with Crippen molar-refractivity contribution in [1.82, 2.24) is 0 Å². The summed E-state index contributed by atoms with van der Waals surface area (Å²) in [5.74, 6) is -0.148. The minimum Gasteiger partial charge on any atom is -0.206 e. The summed E-state index contributed by atoms with van der Waals surface area (Å²) in [6, 6.07) is 5.13. The van der Waals surface area contributed by atoms with Gasteiger partial charge >= 0.3 is 0 Å². The lowest BCUT2D eigenvalue weighted by atomic mass is 10.1. The lowest BCUT2D eigenvalue weighted by Gasteiger charge is -1.97. The predicted octanol–water partition coefficient (Wildman–Crippen LogP) is 3.56. The average molecular weight is 164 g/mol. The van der Waals surface area contributed by atoms with E-state index < -0.39 is 0 Å². The van der Waals surface area contributed by atoms with Crippen LogP contribution in [0.1, 0.15) is 24.5 Å². The summed E-state index contributed by atoms with van der Waals surface area (Å²) < 4.78 is 13.0. The van der Waals surface area contributed by atoms with Gasteiger partial charge in [-0.1, -0.05) is 30.7 Å². The lowest BCUT2D eigenvalue weighted by Crippen LogP contribution is -1.82. The van der Waals surface area contributed by atoms with Crippen LogP contribution in [0.15, 0.2) is 24.3 Å². The molecule has 0 aliphatic rings. The summed E-state index contributed by atoms with van der Waals surface area (Å²) >= 11 is 0. The zero-order chi connectivity index (χ0) is 8.97. The first-order valence-corrected chi connectivity index (χ1v) is 4.16. The van der Waals surface area contributed by atoms with Gasteiger partial charge in [-0.2, -0.15) is 0 Å². The van der Waals surface area contributed by atoms with Gasteiger partial charge in [0.1, 0.15) is 5.82 Å². The molecule has 1 heteroatoms. The van der Waals surface area contributed by atoms with Crippen molar-refractivity contribution in [3.8, 4) is 0 Å². The highest BCUT2D eigenvalue weighted by Gasteiger charge is 1.96. The first kappa shape index (κ1) is 8.98. The maximum Gasteiger partial charge on any atom is 0.130 e. The highest BCUT2D eigenvalue weighted by Crippen LogP contribution is 2.11. The third-order valence-corrected chi connectivity index (χ3v) is 1.68. The molecule has 0 bridgehead atoms. The van der Waals surface area contributed by atoms with Gasteiger partial charge in [-0.3, -0.25) is 0 Å². The average Bonchev–Trinajstić information content (AvgIpc) is 2.07. The number of hydrogen-bond donors (Lipinski definition) is 0. The van der Waals surface area contributed by atoms with Crippen molar-refractivity contribution in [2.45, 2.75) is 20.3 Å². The third-order valence-electron chi connectivity index (χ3n) is 1.68. The molecule has 0 saturated carbocycles. The maximum atomic E-state index is 13.0. The number of benzene rings is 1. The van der Waals surface area contributed by atoms with Crippen molar-refractivity contribution in [3.63, 3.8) is 0 Å². The lowest BCUT2D eigenvalue weighted by molar-refractivity contribution is 0.624. The standard InChI is InChI=1S/C11H13F/c1-3-4-5-10-8-9(2)6-7-11(10)12/h4-8H,3H2,1-2H3. The van der Waals surface area contributed by atoms with Gasteiger partial charge in [0, 0.05) is 5.56 Å². The smallest absolute Gasteiger partial charge is 0.130 e. The summed E-state index contributed by atoms with van der Waals surface area (Å²) in [6.45, 7) is 3.99. The maximum absolute atomic E-state index is 13.0. The molecular formula is C11H13F. The Kier molecular flexibility index (Phi) is 3.03. The SMILES string of the molecule is CCC=Cc1cc(C)ccc1F. The molecule has 0 aliphatic heterocycles. The summed E-state index contributed by atoms with van der Waals surface area (Å²) in [4.78, 5) is 0. The molecule has 0 fully saturated rings. The molecular weight excluding hydrogens is 151 g/mol. The Hall–Kier alpha value is -1.11. The number of hydrogen-bond acceptors (Lipinski definition) is 0. The molecule has 0 saturated heterocycles. The van der Waals surface area contributed by atoms with Crippen molar-refractivity contribution in [2.24, 2.45) is 0 Å². The topological polar surface area (TPSA) is 0 Å². The second kappa shape index (κ2) is 4.05. The summed E-state index contributed by atoms with van der Waals surface area (Å²) in [5.41, 5.74) is 1.77. The molecule has 0 aliphatic carbocycles. The molecule has 0 atom stereocenters. The molecule has 0 heterocycles. The van der Waals surface area contributed by atoms with Crippen LogP contribution >= 0.6 is 0 Å². The molecule has 0 unspecified atom stereocenters. The first-order chi connectivity index (χ1) is 5.74. The molecule has 0 amide bonds. The van der Waals surface area contributed by atoms with E-state index in [1.54, 1.807) is 6.07 Å². The van der Waals surface area contributed by atoms with Crippen LogP contribution in [0.4, 0.5) is 4.39 Å². The van der Waals surface area contributed by atoms with Gasteiger partial charge in [-0.15, -0.1) is 0 Å². The minimum absolute atomic E-state index is 0.148. The van der Waals surface area contributed by atoms with E-state index in [1.165, 1.54) is 6.07 Å². The van der Waals surface area contributed by atoms with Gasteiger partial charge in [0.15, 0.2) is 0 Å². The number of allylic oxidation sites excluding steroid dienone is 1. The number of rotatable bonds is 2. The van der Waals surface area contributed by atoms with Crippen LogP contribution < -0.4 is 0 Å². The van der Waals surface area contributed by atoms with Gasteiger partial charge in [-0.25, -0.2) is 4.39 Å². The van der Waals surface area contributed by atoms with Crippen LogP contribution in [-0.4, -0.2) is 0 Å². The first-order valence-electron chi connectivity index (χ1n) is 4.16. The van der Waals surface area contributed by atoms with E-state index in [4.69, 9.17) is 0 Å². The second-order valence-corrected chi connectivity index (χ2v) is 2.84. The fraction of sp³-hybridized carbons (Fsp3) is 0.273. The van der Waals surface area contributed by atoms with Crippen molar-refractivity contribution in [2.75, 3.05) is 0 Å². The molecule has 0 nitrogen and oxygen atoms in total. The van der Waals surface area contributed by atoms with E-state index >= 15 is 0 Å². The van der Waals surface area contributed by atoms with Crippen LogP contribution in [0.5, 0.6) is 0 Å². The van der Waals surface area contributed by atoms with Crippen LogP contribution in [-0.2, 0) is 0 Å². The van der Waals surface area contributed by atoms with Crippen LogP contribution in [0.3, 0.4) is 0 Å². The largest absolute Gasteiger partial charge is 0.206 e. The number of aryl methyl sites for hydroxylation is 1. The van der Waals surface area contributed by atoms with Crippen molar-refractivity contribution in [1.29, 1.82) is 0 Å². The fourth-order valence-corrected chi connectivity index (χ4v) is 1.04. The van der Waals surface area contributed by atoms with Gasteiger partial charge in [-0.05, 0) is 25.5 Å². The Labute approximate surface area is 72.7 Å². The molecule has 0 spiro atoms. The molecule has 64 valence electrons. The van der Waals surface area contributed by atoms with Crippen LogP contribution in [0, 0.1) is 12.7 Å². The summed E-state index contributed by atoms with van der Waals surface area (Å²) in [5, 5.41) is 0. The molecule has 0 radical (unpaired) electrons. The summed E-state index contributed by atoms with van der Waals surface area (Å²) in [7, 11) is 0.